The fourth-order valence-electron chi connectivity index (χ4n) is 2.57. The molecule has 2 unspecified atom stereocenters. The zero-order valence-corrected chi connectivity index (χ0v) is 14.6. The molecule has 0 fully saturated rings. The lowest BCUT2D eigenvalue weighted by molar-refractivity contribution is -0.0810. The van der Waals surface area contributed by atoms with E-state index >= 15 is 0 Å². The molecule has 26 heavy (non-hydrogen) atoms. The van der Waals surface area contributed by atoms with E-state index in [0.717, 1.165) is 5.56 Å². The second-order valence-electron chi connectivity index (χ2n) is 5.72. The highest BCUT2D eigenvalue weighted by Crippen LogP contribution is 2.27. The van der Waals surface area contributed by atoms with Crippen molar-refractivity contribution in [1.82, 2.24) is 0 Å². The Hall–Kier alpha value is -2.57. The first-order valence-corrected chi connectivity index (χ1v) is 8.14. The quantitative estimate of drug-likeness (QED) is 0.444. The number of ketones is 1. The normalized spacial score (nSPS) is 13.1. The largest absolute Gasteiger partial charge is 0.465 e. The van der Waals surface area contributed by atoms with Gasteiger partial charge in [0.05, 0.1) is 12.7 Å². The van der Waals surface area contributed by atoms with Crippen LogP contribution in [-0.2, 0) is 9.47 Å². The molecule has 2 atom stereocenters. The first kappa shape index (κ1) is 19.8. The predicted octanol–water partition coefficient (Wildman–Crippen LogP) is 3.41. The lowest BCUT2D eigenvalue weighted by atomic mass is 9.92. The van der Waals surface area contributed by atoms with Crippen LogP contribution in [0.15, 0.2) is 48.5 Å². The number of methoxy groups -OCH3 is 2. The maximum atomic E-state index is 14.5. The molecule has 0 spiro atoms. The van der Waals surface area contributed by atoms with Crippen LogP contribution in [0.4, 0.5) is 4.39 Å². The van der Waals surface area contributed by atoms with Gasteiger partial charge in [0.2, 0.25) is 0 Å². The van der Waals surface area contributed by atoms with Gasteiger partial charge in [-0.15, -0.1) is 0 Å². The fourth-order valence-corrected chi connectivity index (χ4v) is 2.57. The summed E-state index contributed by atoms with van der Waals surface area (Å²) in [6.45, 7) is 0. The van der Waals surface area contributed by atoms with Crippen molar-refractivity contribution in [3.8, 4) is 11.1 Å². The first-order chi connectivity index (χ1) is 12.5. The van der Waals surface area contributed by atoms with Crippen molar-refractivity contribution in [2.75, 3.05) is 14.2 Å². The van der Waals surface area contributed by atoms with Crippen LogP contribution in [0.1, 0.15) is 33.6 Å². The molecule has 0 aliphatic heterocycles. The third-order valence-corrected chi connectivity index (χ3v) is 4.01. The second kappa shape index (κ2) is 9.22. The standard InChI is InChI=1S/C20H21FO5/c1-25-18(22)11-10-17(21)19(23)16-12-14(20(24)26-2)8-9-15(16)13-6-4-3-5-7-13/h3-9,12,17-18,22H,10-11H2,1-2H3. The number of carbonyl (C=O) groups excluding carboxylic acids is 2. The van der Waals surface area contributed by atoms with Crippen LogP contribution >= 0.6 is 0 Å². The van der Waals surface area contributed by atoms with Crippen LogP contribution in [0.3, 0.4) is 0 Å². The van der Waals surface area contributed by atoms with Crippen molar-refractivity contribution in [3.05, 3.63) is 59.7 Å². The van der Waals surface area contributed by atoms with Crippen molar-refractivity contribution < 1.29 is 28.6 Å². The highest BCUT2D eigenvalue weighted by atomic mass is 19.1. The molecule has 2 rings (SSSR count). The smallest absolute Gasteiger partial charge is 0.337 e. The number of rotatable bonds is 8. The van der Waals surface area contributed by atoms with Gasteiger partial charge in [0, 0.05) is 19.1 Å². The van der Waals surface area contributed by atoms with Crippen molar-refractivity contribution >= 4 is 11.8 Å². The summed E-state index contributed by atoms with van der Waals surface area (Å²) in [6, 6.07) is 13.5. The minimum absolute atomic E-state index is 0.0131. The van der Waals surface area contributed by atoms with Gasteiger partial charge >= 0.3 is 5.97 Å². The minimum atomic E-state index is -1.82. The van der Waals surface area contributed by atoms with E-state index in [2.05, 4.69) is 9.47 Å². The van der Waals surface area contributed by atoms with Gasteiger partial charge in [-0.2, -0.15) is 0 Å². The van der Waals surface area contributed by atoms with Crippen LogP contribution in [0.5, 0.6) is 0 Å². The van der Waals surface area contributed by atoms with Gasteiger partial charge in [-0.05, 0) is 29.7 Å². The Morgan fingerprint density at radius 2 is 1.77 bits per heavy atom. The van der Waals surface area contributed by atoms with E-state index in [4.69, 9.17) is 0 Å². The van der Waals surface area contributed by atoms with Crippen LogP contribution in [-0.4, -0.2) is 43.5 Å². The number of esters is 1. The molecule has 5 nitrogen and oxygen atoms in total. The summed E-state index contributed by atoms with van der Waals surface area (Å²) in [6.07, 6.45) is -3.16. The molecule has 0 aromatic heterocycles. The second-order valence-corrected chi connectivity index (χ2v) is 5.72. The maximum Gasteiger partial charge on any atom is 0.337 e. The highest BCUT2D eigenvalue weighted by Gasteiger charge is 2.24. The number of alkyl halides is 1. The molecule has 0 amide bonds. The van der Waals surface area contributed by atoms with E-state index in [1.54, 1.807) is 30.3 Å². The van der Waals surface area contributed by atoms with Crippen LogP contribution in [0.2, 0.25) is 0 Å². The van der Waals surface area contributed by atoms with Gasteiger partial charge < -0.3 is 14.6 Å². The van der Waals surface area contributed by atoms with E-state index in [1.807, 2.05) is 6.07 Å². The number of hydrogen-bond acceptors (Lipinski definition) is 5. The number of aliphatic hydroxyl groups is 1. The molecule has 0 aliphatic carbocycles. The Morgan fingerprint density at radius 3 is 2.38 bits per heavy atom. The number of Topliss-reactive ketones (excluding diaryl/α,β-unsaturated/α-hetero) is 1. The zero-order valence-electron chi connectivity index (χ0n) is 14.6. The van der Waals surface area contributed by atoms with Gasteiger partial charge in [-0.25, -0.2) is 9.18 Å². The number of ether oxygens (including phenoxy) is 2. The van der Waals surface area contributed by atoms with Crippen molar-refractivity contribution in [1.29, 1.82) is 0 Å². The summed E-state index contributed by atoms with van der Waals surface area (Å²) >= 11 is 0. The van der Waals surface area contributed by atoms with Crippen LogP contribution in [0.25, 0.3) is 11.1 Å². The van der Waals surface area contributed by atoms with Crippen LogP contribution in [0, 0.1) is 0 Å². The molecule has 0 saturated heterocycles. The molecule has 2 aromatic carbocycles. The Bertz CT molecular complexity index is 760. The molecule has 2 aromatic rings. The first-order valence-electron chi connectivity index (χ1n) is 8.14. The van der Waals surface area contributed by atoms with E-state index in [1.165, 1.54) is 26.4 Å². The van der Waals surface area contributed by atoms with Gasteiger partial charge in [0.1, 0.15) is 0 Å². The average molecular weight is 360 g/mol. The molecular formula is C20H21FO5. The van der Waals surface area contributed by atoms with Gasteiger partial charge in [0.15, 0.2) is 18.2 Å². The maximum absolute atomic E-state index is 14.5. The summed E-state index contributed by atoms with van der Waals surface area (Å²) in [4.78, 5) is 24.4. The fraction of sp³-hybridized carbons (Fsp3) is 0.300. The number of aliphatic hydroxyl groups excluding tert-OH is 1. The Morgan fingerprint density at radius 1 is 1.08 bits per heavy atom. The topological polar surface area (TPSA) is 72.8 Å². The number of carbonyl (C=O) groups is 2. The molecule has 1 N–H and O–H groups in total. The zero-order chi connectivity index (χ0) is 19.1. The number of benzene rings is 2. The van der Waals surface area contributed by atoms with Gasteiger partial charge in [0.25, 0.3) is 0 Å². The van der Waals surface area contributed by atoms with E-state index in [-0.39, 0.29) is 24.0 Å². The van der Waals surface area contributed by atoms with Gasteiger partial charge in [-0.3, -0.25) is 4.79 Å². The van der Waals surface area contributed by atoms with Crippen LogP contribution < -0.4 is 0 Å². The SMILES string of the molecule is COC(=O)c1ccc(-c2ccccc2)c(C(=O)C(F)CCC(O)OC)c1. The lowest BCUT2D eigenvalue weighted by Gasteiger charge is -2.14. The third kappa shape index (κ3) is 4.74. The van der Waals surface area contributed by atoms with E-state index < -0.39 is 24.2 Å². The molecule has 0 saturated carbocycles. The molecule has 138 valence electrons. The van der Waals surface area contributed by atoms with Crippen molar-refractivity contribution in [3.63, 3.8) is 0 Å². The third-order valence-electron chi connectivity index (χ3n) is 4.01. The van der Waals surface area contributed by atoms with E-state index in [9.17, 15) is 19.1 Å². The molecular weight excluding hydrogens is 339 g/mol. The Labute approximate surface area is 151 Å². The monoisotopic (exact) mass is 360 g/mol. The predicted molar refractivity (Wildman–Crippen MR) is 94.7 cm³/mol. The summed E-state index contributed by atoms with van der Waals surface area (Å²) in [5, 5.41) is 9.38. The molecule has 0 radical (unpaired) electrons. The van der Waals surface area contributed by atoms with Gasteiger partial charge in [-0.1, -0.05) is 36.4 Å². The highest BCUT2D eigenvalue weighted by molar-refractivity contribution is 6.06. The summed E-state index contributed by atoms with van der Waals surface area (Å²) in [7, 11) is 2.53. The average Bonchev–Trinajstić information content (AvgIpc) is 2.70. The summed E-state index contributed by atoms with van der Waals surface area (Å²) in [5.41, 5.74) is 1.52. The number of halogens is 1. The summed E-state index contributed by atoms with van der Waals surface area (Å²) < 4.78 is 23.8. The Kier molecular flexibility index (Phi) is 7.00. The minimum Gasteiger partial charge on any atom is -0.465 e. The number of hydrogen-bond donors (Lipinski definition) is 1. The molecule has 0 heterocycles. The van der Waals surface area contributed by atoms with Crippen molar-refractivity contribution in [2.45, 2.75) is 25.3 Å². The lowest BCUT2D eigenvalue weighted by Crippen LogP contribution is -2.20. The summed E-state index contributed by atoms with van der Waals surface area (Å²) in [5.74, 6) is -1.36. The van der Waals surface area contributed by atoms with Crippen molar-refractivity contribution in [2.24, 2.45) is 0 Å². The Balaban J connectivity index is 2.39. The van der Waals surface area contributed by atoms with E-state index in [0.29, 0.717) is 5.56 Å². The molecule has 0 bridgehead atoms. The molecule has 6 heteroatoms. The molecule has 0 aliphatic rings.